The van der Waals surface area contributed by atoms with Gasteiger partial charge in [-0.1, -0.05) is 182 Å². The fourth-order valence-electron chi connectivity index (χ4n) is 10.4. The van der Waals surface area contributed by atoms with Gasteiger partial charge in [-0.2, -0.15) is 6.07 Å². The minimum Gasteiger partial charge on any atom is -0.509 e. The summed E-state index contributed by atoms with van der Waals surface area (Å²) in [4.78, 5) is 9.72. The van der Waals surface area contributed by atoms with Crippen LogP contribution in [0, 0.1) is 18.8 Å². The summed E-state index contributed by atoms with van der Waals surface area (Å²) in [7, 11) is 0. The maximum absolute atomic E-state index is 7.01. The molecule has 0 saturated heterocycles. The molecule has 0 N–H and O–H groups in total. The third-order valence-electron chi connectivity index (χ3n) is 14.9. The molecule has 1 aliphatic heterocycles. The molecule has 0 saturated carbocycles. The van der Waals surface area contributed by atoms with E-state index in [0.29, 0.717) is 29.3 Å². The predicted octanol–water partition coefficient (Wildman–Crippen LogP) is 19.6. The molecule has 6 heteroatoms. The molecule has 388 valence electrons. The number of anilines is 4. The van der Waals surface area contributed by atoms with Crippen LogP contribution in [-0.4, -0.2) is 9.55 Å². The quantitative estimate of drug-likeness (QED) is 0.128. The number of hydrogen-bond donors (Lipinski definition) is 0. The number of aromatic nitrogens is 2. The Hall–Kier alpha value is -6.42. The fraction of sp³-hybridized carbons (Fsp3) is 0.304. The Bertz CT molecular complexity index is 3530. The second kappa shape index (κ2) is 20.3. The Kier molecular flexibility index (Phi) is 14.4. The Morgan fingerprint density at radius 2 is 1.13 bits per heavy atom. The van der Waals surface area contributed by atoms with Crippen LogP contribution in [0.1, 0.15) is 155 Å². The van der Waals surface area contributed by atoms with E-state index in [2.05, 4.69) is 277 Å². The van der Waals surface area contributed by atoms with Crippen molar-refractivity contribution < 1.29 is 25.8 Å². The standard InChI is InChI=1S/C69H73N4O.Pt/c1-43(2)48-33-58(44(3)4)66(59(34-48)45(5)6)47-29-30-70-65(35-47)73-61-28-25-50(67(7,8)9)39-60(61)57-27-26-55(41-64(57)73)74-56-38-52(69(13,14)15)37-54(40-56)72-42-71(62-23-19-20-24-63(62)72)53-32-49(46-21-17-16-18-22-46)31-51(36-53)68(10,11)12;/h16-39,42-45H,1-15H3;/q-3;. The van der Waals surface area contributed by atoms with Gasteiger partial charge in [0.2, 0.25) is 0 Å². The summed E-state index contributed by atoms with van der Waals surface area (Å²) >= 11 is 0. The second-order valence-corrected chi connectivity index (χ2v) is 24.5. The fourth-order valence-corrected chi connectivity index (χ4v) is 10.4. The van der Waals surface area contributed by atoms with Gasteiger partial charge in [0.25, 0.3) is 0 Å². The molecular formula is C69H73N4OPt-3. The van der Waals surface area contributed by atoms with E-state index >= 15 is 0 Å². The first-order valence-electron chi connectivity index (χ1n) is 26.7. The van der Waals surface area contributed by atoms with Crippen molar-refractivity contribution in [3.05, 3.63) is 198 Å². The molecule has 2 aromatic heterocycles. The number of ether oxygens (including phenoxy) is 1. The zero-order valence-electron chi connectivity index (χ0n) is 46.7. The van der Waals surface area contributed by atoms with Crippen molar-refractivity contribution in [1.82, 2.24) is 9.55 Å². The van der Waals surface area contributed by atoms with E-state index < -0.39 is 0 Å². The normalized spacial score (nSPS) is 13.1. The summed E-state index contributed by atoms with van der Waals surface area (Å²) in [6, 6.07) is 58.7. The summed E-state index contributed by atoms with van der Waals surface area (Å²) in [5, 5.41) is 2.26. The first-order chi connectivity index (χ1) is 35.0. The Labute approximate surface area is 462 Å². The second-order valence-electron chi connectivity index (χ2n) is 24.5. The van der Waals surface area contributed by atoms with Crippen LogP contribution < -0.4 is 14.5 Å². The summed E-state index contributed by atoms with van der Waals surface area (Å²) in [5.41, 5.74) is 18.6. The molecule has 0 atom stereocenters. The minimum atomic E-state index is -0.186. The largest absolute Gasteiger partial charge is 0.509 e. The van der Waals surface area contributed by atoms with Gasteiger partial charge in [-0.15, -0.1) is 53.6 Å². The Balaban J connectivity index is 0.00000689. The molecule has 0 amide bonds. The van der Waals surface area contributed by atoms with Crippen molar-refractivity contribution in [3.8, 4) is 39.6 Å². The minimum absolute atomic E-state index is 0. The van der Waals surface area contributed by atoms with Gasteiger partial charge in [-0.25, -0.2) is 4.98 Å². The number of para-hydroxylation sites is 2. The zero-order chi connectivity index (χ0) is 52.6. The van der Waals surface area contributed by atoms with Gasteiger partial charge >= 0.3 is 0 Å². The summed E-state index contributed by atoms with van der Waals surface area (Å²) in [5.74, 6) is 3.21. The molecule has 75 heavy (non-hydrogen) atoms. The number of nitrogens with zero attached hydrogens (tertiary/aromatic N) is 4. The topological polar surface area (TPSA) is 33.5 Å². The molecule has 9 aromatic rings. The molecule has 3 heterocycles. The van der Waals surface area contributed by atoms with Crippen LogP contribution in [0.5, 0.6) is 11.5 Å². The molecule has 0 bridgehead atoms. The number of benzene rings is 7. The summed E-state index contributed by atoms with van der Waals surface area (Å²) in [6.45, 7) is 36.5. The number of fused-ring (bicyclic) bond motifs is 4. The number of rotatable bonds is 10. The van der Waals surface area contributed by atoms with Gasteiger partial charge in [0.15, 0.2) is 0 Å². The zero-order valence-corrected chi connectivity index (χ0v) is 49.0. The van der Waals surface area contributed by atoms with Crippen LogP contribution in [0.25, 0.3) is 49.9 Å². The van der Waals surface area contributed by atoms with Crippen molar-refractivity contribution in [2.45, 2.75) is 138 Å². The van der Waals surface area contributed by atoms with Crippen LogP contribution in [0.3, 0.4) is 0 Å². The third kappa shape index (κ3) is 10.5. The van der Waals surface area contributed by atoms with E-state index in [1.54, 1.807) is 0 Å². The SMILES string of the molecule is CC(C)c1cc(C(C)C)c(-c2ccnc(-n3c4[c-]c(Oc5[c-]c(N6[CH-]N(c7cc(-c8ccccc8)cc(C(C)(C)C)c7)c7ccccc76)cc(C(C)(C)C)c5)ccc4c4cc(C(C)(C)C)ccc43)c2)c(C(C)C)c1.[Pt]. The van der Waals surface area contributed by atoms with Gasteiger partial charge < -0.3 is 19.1 Å². The van der Waals surface area contributed by atoms with E-state index in [1.165, 1.54) is 50.1 Å². The van der Waals surface area contributed by atoms with Crippen molar-refractivity contribution in [2.24, 2.45) is 0 Å². The Morgan fingerprint density at radius 1 is 0.507 bits per heavy atom. The van der Waals surface area contributed by atoms with Crippen LogP contribution >= 0.6 is 0 Å². The van der Waals surface area contributed by atoms with Crippen LogP contribution in [0.2, 0.25) is 0 Å². The molecule has 0 unspecified atom stereocenters. The van der Waals surface area contributed by atoms with Crippen molar-refractivity contribution in [2.75, 3.05) is 9.80 Å². The molecule has 10 rings (SSSR count). The summed E-state index contributed by atoms with van der Waals surface area (Å²) in [6.07, 6.45) is 1.98. The molecule has 1 aliphatic rings. The third-order valence-corrected chi connectivity index (χ3v) is 14.9. The summed E-state index contributed by atoms with van der Waals surface area (Å²) < 4.78 is 9.29. The van der Waals surface area contributed by atoms with E-state index in [-0.39, 0.29) is 37.3 Å². The Morgan fingerprint density at radius 3 is 1.76 bits per heavy atom. The maximum atomic E-state index is 7.01. The molecule has 0 fully saturated rings. The van der Waals surface area contributed by atoms with Crippen molar-refractivity contribution >= 4 is 44.6 Å². The first kappa shape index (κ1) is 53.4. The van der Waals surface area contributed by atoms with Crippen molar-refractivity contribution in [1.29, 1.82) is 0 Å². The molecule has 0 aliphatic carbocycles. The van der Waals surface area contributed by atoms with Crippen molar-refractivity contribution in [3.63, 3.8) is 0 Å². The van der Waals surface area contributed by atoms with E-state index in [4.69, 9.17) is 9.72 Å². The first-order valence-corrected chi connectivity index (χ1v) is 26.7. The van der Waals surface area contributed by atoms with Gasteiger partial charge in [0, 0.05) is 61.3 Å². The van der Waals surface area contributed by atoms with E-state index in [0.717, 1.165) is 55.9 Å². The smallest absolute Gasteiger partial charge is 0.136 e. The molecule has 0 radical (unpaired) electrons. The average molecular weight is 1170 g/mol. The number of pyridine rings is 1. The average Bonchev–Trinajstić information content (AvgIpc) is 3.91. The van der Waals surface area contributed by atoms with Gasteiger partial charge in [0.1, 0.15) is 5.82 Å². The molecular weight excluding hydrogens is 1100 g/mol. The van der Waals surface area contributed by atoms with Gasteiger partial charge in [-0.3, -0.25) is 0 Å². The van der Waals surface area contributed by atoms with Crippen LogP contribution in [-0.2, 0) is 37.3 Å². The molecule has 0 spiro atoms. The van der Waals surface area contributed by atoms with E-state index in [9.17, 15) is 0 Å². The van der Waals surface area contributed by atoms with Crippen LogP contribution in [0.4, 0.5) is 22.7 Å². The van der Waals surface area contributed by atoms with Gasteiger partial charge in [-0.05, 0) is 132 Å². The molecule has 7 aromatic carbocycles. The van der Waals surface area contributed by atoms with E-state index in [1.807, 2.05) is 6.20 Å². The molecule has 5 nitrogen and oxygen atoms in total. The monoisotopic (exact) mass is 1170 g/mol. The predicted molar refractivity (Wildman–Crippen MR) is 313 cm³/mol. The maximum Gasteiger partial charge on any atom is 0.136 e. The number of hydrogen-bond acceptors (Lipinski definition) is 4. The van der Waals surface area contributed by atoms with Crippen LogP contribution in [0.15, 0.2) is 146 Å². The van der Waals surface area contributed by atoms with Gasteiger partial charge in [0.05, 0.1) is 0 Å².